The molecule has 0 N–H and O–H groups in total. The summed E-state index contributed by atoms with van der Waals surface area (Å²) < 4.78 is 18.9. The van der Waals surface area contributed by atoms with Gasteiger partial charge in [-0.15, -0.1) is 0 Å². The predicted molar refractivity (Wildman–Crippen MR) is 136 cm³/mol. The largest absolute Gasteiger partial charge is 0.496 e. The Balaban J connectivity index is 2.00. The third-order valence-corrected chi connectivity index (χ3v) is 6.50. The van der Waals surface area contributed by atoms with Crippen molar-refractivity contribution in [2.24, 2.45) is 4.99 Å². The van der Waals surface area contributed by atoms with Gasteiger partial charge < -0.3 is 14.2 Å². The Labute approximate surface area is 207 Å². The van der Waals surface area contributed by atoms with Crippen molar-refractivity contribution in [3.8, 4) is 11.5 Å². The standard InChI is InChI=1S/C27H28N2O5S/c1-6-33-26(31)23-17(4)28-27-29(24(23)19-12-8-10-14-21(19)34-16(2)3)25(30)22(35-27)15-18-11-7-9-13-20(18)32-5/h7-16,24H,6H2,1-5H3/b22-15+/t24-/m0/s1. The van der Waals surface area contributed by atoms with E-state index in [9.17, 15) is 9.59 Å². The quantitative estimate of drug-likeness (QED) is 0.471. The summed E-state index contributed by atoms with van der Waals surface area (Å²) in [4.78, 5) is 32.0. The summed E-state index contributed by atoms with van der Waals surface area (Å²) in [5, 5.41) is 0. The maximum atomic E-state index is 13.8. The molecule has 8 heteroatoms. The van der Waals surface area contributed by atoms with E-state index in [-0.39, 0.29) is 18.3 Å². The molecule has 0 aliphatic carbocycles. The fraction of sp³-hybridized carbons (Fsp3) is 0.296. The van der Waals surface area contributed by atoms with Crippen molar-refractivity contribution in [3.63, 3.8) is 0 Å². The Morgan fingerprint density at radius 1 is 1.14 bits per heavy atom. The van der Waals surface area contributed by atoms with E-state index in [4.69, 9.17) is 14.2 Å². The first-order valence-electron chi connectivity index (χ1n) is 11.4. The second-order valence-corrected chi connectivity index (χ2v) is 9.26. The van der Waals surface area contributed by atoms with Gasteiger partial charge >= 0.3 is 5.97 Å². The Morgan fingerprint density at radius 2 is 1.83 bits per heavy atom. The summed E-state index contributed by atoms with van der Waals surface area (Å²) in [5.74, 6) is 0.759. The number of para-hydroxylation sites is 2. The highest BCUT2D eigenvalue weighted by atomic mass is 32.1. The first kappa shape index (κ1) is 24.5. The molecule has 1 aliphatic rings. The van der Waals surface area contributed by atoms with Gasteiger partial charge in [0.1, 0.15) is 17.5 Å². The SMILES string of the molecule is CCOC(=O)C1=C(C)N=c2s/c(=C/c3ccccc3OC)c(=O)n2[C@H]1c1ccccc1OC(C)C. The molecule has 1 aliphatic heterocycles. The minimum Gasteiger partial charge on any atom is -0.496 e. The fourth-order valence-electron chi connectivity index (χ4n) is 4.08. The number of hydrogen-bond donors (Lipinski definition) is 0. The molecule has 2 aromatic carbocycles. The van der Waals surface area contributed by atoms with Crippen LogP contribution in [0, 0.1) is 0 Å². The highest BCUT2D eigenvalue weighted by Crippen LogP contribution is 2.36. The van der Waals surface area contributed by atoms with E-state index in [1.54, 1.807) is 31.6 Å². The summed E-state index contributed by atoms with van der Waals surface area (Å²) >= 11 is 1.27. The lowest BCUT2D eigenvalue weighted by atomic mass is 9.95. The van der Waals surface area contributed by atoms with Crippen LogP contribution in [0.25, 0.3) is 6.08 Å². The summed E-state index contributed by atoms with van der Waals surface area (Å²) in [6.07, 6.45) is 1.70. The van der Waals surface area contributed by atoms with Crippen molar-refractivity contribution in [2.45, 2.75) is 39.8 Å². The number of carbonyl (C=O) groups excluding carboxylic acids is 1. The van der Waals surface area contributed by atoms with Crippen LogP contribution < -0.4 is 24.4 Å². The first-order chi connectivity index (χ1) is 16.8. The number of esters is 1. The average molecular weight is 493 g/mol. The van der Waals surface area contributed by atoms with E-state index in [1.165, 1.54) is 11.3 Å². The number of nitrogens with zero attached hydrogens (tertiary/aromatic N) is 2. The fourth-order valence-corrected chi connectivity index (χ4v) is 5.12. The lowest BCUT2D eigenvalue weighted by molar-refractivity contribution is -0.139. The zero-order valence-electron chi connectivity index (χ0n) is 20.4. The van der Waals surface area contributed by atoms with Gasteiger partial charge in [0.2, 0.25) is 0 Å². The molecular weight excluding hydrogens is 464 g/mol. The number of fused-ring (bicyclic) bond motifs is 1. The molecule has 35 heavy (non-hydrogen) atoms. The second-order valence-electron chi connectivity index (χ2n) is 8.25. The van der Waals surface area contributed by atoms with Crippen molar-refractivity contribution >= 4 is 23.4 Å². The molecule has 0 saturated carbocycles. The van der Waals surface area contributed by atoms with Crippen molar-refractivity contribution in [1.82, 2.24) is 4.57 Å². The molecule has 7 nitrogen and oxygen atoms in total. The molecule has 182 valence electrons. The Kier molecular flexibility index (Phi) is 7.21. The van der Waals surface area contributed by atoms with E-state index in [2.05, 4.69) is 4.99 Å². The van der Waals surface area contributed by atoms with Crippen LogP contribution in [0.2, 0.25) is 0 Å². The van der Waals surface area contributed by atoms with Gasteiger partial charge in [0, 0.05) is 11.1 Å². The van der Waals surface area contributed by atoms with E-state index in [0.717, 1.165) is 5.56 Å². The molecular formula is C27H28N2O5S. The van der Waals surface area contributed by atoms with Gasteiger partial charge in [-0.1, -0.05) is 47.7 Å². The van der Waals surface area contributed by atoms with Gasteiger partial charge in [-0.05, 0) is 45.9 Å². The normalized spacial score (nSPS) is 15.6. The molecule has 0 saturated heterocycles. The van der Waals surface area contributed by atoms with Gasteiger partial charge in [0.15, 0.2) is 4.80 Å². The summed E-state index contributed by atoms with van der Waals surface area (Å²) in [7, 11) is 1.59. The number of hydrogen-bond acceptors (Lipinski definition) is 7. The van der Waals surface area contributed by atoms with Crippen molar-refractivity contribution in [1.29, 1.82) is 0 Å². The topological polar surface area (TPSA) is 79.1 Å². The van der Waals surface area contributed by atoms with E-state index in [0.29, 0.717) is 37.7 Å². The minimum atomic E-state index is -0.736. The van der Waals surface area contributed by atoms with Crippen LogP contribution in [-0.4, -0.2) is 30.4 Å². The maximum absolute atomic E-state index is 13.8. The summed E-state index contributed by atoms with van der Waals surface area (Å²) in [6, 6.07) is 14.2. The molecule has 0 amide bonds. The van der Waals surface area contributed by atoms with Crippen LogP contribution in [0.4, 0.5) is 0 Å². The van der Waals surface area contributed by atoms with E-state index < -0.39 is 12.0 Å². The zero-order valence-corrected chi connectivity index (χ0v) is 21.2. The van der Waals surface area contributed by atoms with Crippen molar-refractivity contribution in [2.75, 3.05) is 13.7 Å². The second kappa shape index (κ2) is 10.3. The molecule has 4 rings (SSSR count). The number of ether oxygens (including phenoxy) is 3. The zero-order chi connectivity index (χ0) is 25.1. The van der Waals surface area contributed by atoms with E-state index >= 15 is 0 Å². The number of thiazole rings is 1. The third kappa shape index (κ3) is 4.79. The number of allylic oxidation sites excluding steroid dienone is 1. The number of rotatable bonds is 7. The lowest BCUT2D eigenvalue weighted by Gasteiger charge is -2.26. The number of carbonyl (C=O) groups is 1. The molecule has 0 fully saturated rings. The van der Waals surface area contributed by atoms with Crippen LogP contribution in [0.15, 0.2) is 69.6 Å². The van der Waals surface area contributed by atoms with Gasteiger partial charge in [0.05, 0.1) is 35.6 Å². The van der Waals surface area contributed by atoms with Crippen LogP contribution in [0.3, 0.4) is 0 Å². The molecule has 0 unspecified atom stereocenters. The predicted octanol–water partition coefficient (Wildman–Crippen LogP) is 3.59. The number of benzene rings is 2. The van der Waals surface area contributed by atoms with Gasteiger partial charge in [0.25, 0.3) is 5.56 Å². The number of aromatic nitrogens is 1. The highest BCUT2D eigenvalue weighted by molar-refractivity contribution is 7.07. The van der Waals surface area contributed by atoms with Crippen LogP contribution in [0.1, 0.15) is 44.9 Å². The average Bonchev–Trinajstić information content (AvgIpc) is 3.13. The minimum absolute atomic E-state index is 0.0892. The monoisotopic (exact) mass is 492 g/mol. The molecule has 0 spiro atoms. The van der Waals surface area contributed by atoms with Gasteiger partial charge in [-0.3, -0.25) is 9.36 Å². The molecule has 1 aromatic heterocycles. The molecule has 3 aromatic rings. The smallest absolute Gasteiger partial charge is 0.338 e. The van der Waals surface area contributed by atoms with Gasteiger partial charge in [-0.2, -0.15) is 0 Å². The number of methoxy groups -OCH3 is 1. The Morgan fingerprint density at radius 3 is 2.51 bits per heavy atom. The van der Waals surface area contributed by atoms with Crippen LogP contribution in [-0.2, 0) is 9.53 Å². The first-order valence-corrected chi connectivity index (χ1v) is 12.3. The van der Waals surface area contributed by atoms with Crippen molar-refractivity contribution < 1.29 is 19.0 Å². The van der Waals surface area contributed by atoms with E-state index in [1.807, 2.05) is 62.4 Å². The molecule has 0 bridgehead atoms. The molecule has 1 atom stereocenters. The third-order valence-electron chi connectivity index (χ3n) is 5.52. The lowest BCUT2D eigenvalue weighted by Crippen LogP contribution is -2.40. The summed E-state index contributed by atoms with van der Waals surface area (Å²) in [6.45, 7) is 7.60. The van der Waals surface area contributed by atoms with Crippen molar-refractivity contribution in [3.05, 3.63) is 90.6 Å². The van der Waals surface area contributed by atoms with Gasteiger partial charge in [-0.25, -0.2) is 9.79 Å². The van der Waals surface area contributed by atoms with Crippen LogP contribution >= 0.6 is 11.3 Å². The Hall–Kier alpha value is -3.65. The molecule has 2 heterocycles. The summed E-state index contributed by atoms with van der Waals surface area (Å²) in [5.41, 5.74) is 2.06. The Bertz CT molecular complexity index is 1470. The maximum Gasteiger partial charge on any atom is 0.338 e. The van der Waals surface area contributed by atoms with Crippen LogP contribution in [0.5, 0.6) is 11.5 Å². The highest BCUT2D eigenvalue weighted by Gasteiger charge is 2.35. The molecule has 0 radical (unpaired) electrons.